The maximum absolute atomic E-state index is 5.84. The Morgan fingerprint density at radius 1 is 0.933 bits per heavy atom. The zero-order chi connectivity index (χ0) is 10.5. The van der Waals surface area contributed by atoms with Crippen LogP contribution in [0.1, 0.15) is 5.56 Å². The van der Waals surface area contributed by atoms with Crippen LogP contribution in [-0.4, -0.2) is 0 Å². The minimum Gasteiger partial charge on any atom is -0.0843 e. The van der Waals surface area contributed by atoms with E-state index in [1.165, 1.54) is 0 Å². The van der Waals surface area contributed by atoms with Crippen LogP contribution < -0.4 is 0 Å². The molecule has 0 aliphatic heterocycles. The van der Waals surface area contributed by atoms with Crippen molar-refractivity contribution in [2.75, 3.05) is 0 Å². The van der Waals surface area contributed by atoms with Gasteiger partial charge in [0.1, 0.15) is 5.56 Å². The molecule has 0 saturated heterocycles. The zero-order valence-electron chi connectivity index (χ0n) is 8.02. The smallest absolute Gasteiger partial charge is 0.0843 e. The van der Waals surface area contributed by atoms with E-state index >= 15 is 0 Å². The predicted octanol–water partition coefficient (Wildman–Crippen LogP) is 4.35. The normalized spacial score (nSPS) is 9.13. The third kappa shape index (κ3) is 2.83. The van der Waals surface area contributed by atoms with Crippen molar-refractivity contribution in [1.29, 1.82) is 0 Å². The van der Waals surface area contributed by atoms with Crippen molar-refractivity contribution in [2.24, 2.45) is 0 Å². The SMILES string of the molecule is Clc1cccc(C#[N+]c2ccccc2)c1. The van der Waals surface area contributed by atoms with Gasteiger partial charge in [-0.3, -0.25) is 0 Å². The average Bonchev–Trinajstić information content (AvgIpc) is 2.28. The van der Waals surface area contributed by atoms with Crippen molar-refractivity contribution in [3.8, 4) is 6.07 Å². The highest BCUT2D eigenvalue weighted by molar-refractivity contribution is 6.30. The Hall–Kier alpha value is -1.78. The summed E-state index contributed by atoms with van der Waals surface area (Å²) < 4.78 is 0. The van der Waals surface area contributed by atoms with E-state index < -0.39 is 0 Å². The summed E-state index contributed by atoms with van der Waals surface area (Å²) in [4.78, 5) is 4.21. The highest BCUT2D eigenvalue weighted by Gasteiger charge is 1.99. The Labute approximate surface area is 93.8 Å². The van der Waals surface area contributed by atoms with E-state index in [0.717, 1.165) is 11.3 Å². The van der Waals surface area contributed by atoms with Crippen molar-refractivity contribution in [3.63, 3.8) is 0 Å². The lowest BCUT2D eigenvalue weighted by Gasteiger charge is -1.85. The molecule has 0 saturated carbocycles. The fourth-order valence-electron chi connectivity index (χ4n) is 1.19. The van der Waals surface area contributed by atoms with Gasteiger partial charge < -0.3 is 0 Å². The molecule has 0 atom stereocenters. The van der Waals surface area contributed by atoms with Gasteiger partial charge in [-0.25, -0.2) is 0 Å². The van der Waals surface area contributed by atoms with Crippen LogP contribution in [-0.2, 0) is 0 Å². The molecule has 0 amide bonds. The summed E-state index contributed by atoms with van der Waals surface area (Å²) in [6.07, 6.45) is 0. The van der Waals surface area contributed by atoms with Crippen LogP contribution in [0.15, 0.2) is 54.6 Å². The maximum Gasteiger partial charge on any atom is 0.340 e. The molecule has 0 aliphatic carbocycles. The standard InChI is InChI=1S/C13H9ClN/c14-12-6-4-5-11(9-12)10-15-13-7-2-1-3-8-13/h1-9H/q+1. The molecule has 0 aromatic heterocycles. The number of halogens is 1. The highest BCUT2D eigenvalue weighted by Crippen LogP contribution is 2.13. The molecule has 15 heavy (non-hydrogen) atoms. The Kier molecular flexibility index (Phi) is 3.02. The summed E-state index contributed by atoms with van der Waals surface area (Å²) in [6.45, 7) is 0. The number of benzene rings is 2. The van der Waals surface area contributed by atoms with E-state index in [0.29, 0.717) is 5.02 Å². The third-order valence-corrected chi connectivity index (χ3v) is 2.13. The van der Waals surface area contributed by atoms with Crippen molar-refractivity contribution in [1.82, 2.24) is 0 Å². The quantitative estimate of drug-likeness (QED) is 0.614. The van der Waals surface area contributed by atoms with Crippen LogP contribution >= 0.6 is 11.6 Å². The number of hydrogen-bond acceptors (Lipinski definition) is 0. The Morgan fingerprint density at radius 2 is 1.73 bits per heavy atom. The summed E-state index contributed by atoms with van der Waals surface area (Å²) in [6, 6.07) is 20.1. The van der Waals surface area contributed by atoms with Gasteiger partial charge in [-0.05, 0) is 23.0 Å². The molecule has 0 N–H and O–H groups in total. The summed E-state index contributed by atoms with van der Waals surface area (Å²) in [7, 11) is 0. The van der Waals surface area contributed by atoms with Crippen LogP contribution in [0, 0.1) is 6.07 Å². The first-order valence-electron chi connectivity index (χ1n) is 4.62. The van der Waals surface area contributed by atoms with Gasteiger partial charge in [0.15, 0.2) is 0 Å². The molecule has 0 unspecified atom stereocenters. The van der Waals surface area contributed by atoms with E-state index in [1.54, 1.807) is 0 Å². The molecular formula is C13H9ClN+. The first-order valence-corrected chi connectivity index (χ1v) is 5.00. The molecule has 0 radical (unpaired) electrons. The minimum atomic E-state index is 0.697. The molecule has 0 fully saturated rings. The van der Waals surface area contributed by atoms with Gasteiger partial charge >= 0.3 is 11.8 Å². The van der Waals surface area contributed by atoms with Gasteiger partial charge in [0.2, 0.25) is 0 Å². The molecular weight excluding hydrogens is 206 g/mol. The topological polar surface area (TPSA) is 4.36 Å². The lowest BCUT2D eigenvalue weighted by atomic mass is 10.2. The van der Waals surface area contributed by atoms with Gasteiger partial charge in [0.25, 0.3) is 0 Å². The second-order valence-corrected chi connectivity index (χ2v) is 3.51. The first kappa shape index (κ1) is 9.76. The number of rotatable bonds is 0. The van der Waals surface area contributed by atoms with Crippen LogP contribution in [0.2, 0.25) is 5.02 Å². The largest absolute Gasteiger partial charge is 0.340 e. The van der Waals surface area contributed by atoms with Gasteiger partial charge in [-0.2, -0.15) is 0 Å². The summed E-state index contributed by atoms with van der Waals surface area (Å²) in [5, 5.41) is 0.697. The van der Waals surface area contributed by atoms with E-state index in [2.05, 4.69) is 10.9 Å². The molecule has 2 aromatic carbocycles. The molecule has 0 bridgehead atoms. The zero-order valence-corrected chi connectivity index (χ0v) is 8.78. The highest BCUT2D eigenvalue weighted by atomic mass is 35.5. The van der Waals surface area contributed by atoms with E-state index in [-0.39, 0.29) is 0 Å². The minimum absolute atomic E-state index is 0.697. The Balaban J connectivity index is 2.26. The lowest BCUT2D eigenvalue weighted by molar-refractivity contribution is 1.63. The van der Waals surface area contributed by atoms with Crippen molar-refractivity contribution < 1.29 is 0 Å². The number of hydrogen-bond donors (Lipinski definition) is 0. The van der Waals surface area contributed by atoms with E-state index in [9.17, 15) is 0 Å². The van der Waals surface area contributed by atoms with Crippen molar-refractivity contribution >= 4 is 17.3 Å². The van der Waals surface area contributed by atoms with Gasteiger partial charge in [0.05, 0.1) is 0 Å². The van der Waals surface area contributed by atoms with E-state index in [4.69, 9.17) is 11.6 Å². The van der Waals surface area contributed by atoms with Crippen molar-refractivity contribution in [3.05, 3.63) is 70.0 Å². The van der Waals surface area contributed by atoms with Gasteiger partial charge in [-0.15, -0.1) is 0 Å². The molecule has 2 heteroatoms. The monoisotopic (exact) mass is 214 g/mol. The Bertz CT molecular complexity index is 509. The van der Waals surface area contributed by atoms with Crippen LogP contribution in [0.5, 0.6) is 0 Å². The molecule has 1 nitrogen and oxygen atoms in total. The molecule has 0 heterocycles. The fourth-order valence-corrected chi connectivity index (χ4v) is 1.38. The average molecular weight is 215 g/mol. The Morgan fingerprint density at radius 3 is 2.47 bits per heavy atom. The number of para-hydroxylation sites is 1. The van der Waals surface area contributed by atoms with Crippen molar-refractivity contribution in [2.45, 2.75) is 0 Å². The second-order valence-electron chi connectivity index (χ2n) is 3.07. The summed E-state index contributed by atoms with van der Waals surface area (Å²) in [5.41, 5.74) is 1.77. The van der Waals surface area contributed by atoms with Gasteiger partial charge in [-0.1, -0.05) is 35.9 Å². The molecule has 2 rings (SSSR count). The maximum atomic E-state index is 5.84. The summed E-state index contributed by atoms with van der Waals surface area (Å²) in [5.74, 6) is 0. The fraction of sp³-hybridized carbons (Fsp3) is 0. The molecule has 0 aliphatic rings. The van der Waals surface area contributed by atoms with E-state index in [1.807, 2.05) is 54.6 Å². The van der Waals surface area contributed by atoms with Crippen LogP contribution in [0.25, 0.3) is 4.85 Å². The number of nitrogens with zero attached hydrogens (tertiary/aromatic N) is 1. The molecule has 0 spiro atoms. The van der Waals surface area contributed by atoms with Crippen LogP contribution in [0.3, 0.4) is 0 Å². The third-order valence-electron chi connectivity index (χ3n) is 1.89. The van der Waals surface area contributed by atoms with Gasteiger partial charge in [0, 0.05) is 17.2 Å². The molecule has 72 valence electrons. The summed E-state index contributed by atoms with van der Waals surface area (Å²) >= 11 is 5.84. The molecule has 2 aromatic rings. The lowest BCUT2D eigenvalue weighted by Crippen LogP contribution is -1.71. The second kappa shape index (κ2) is 4.63. The first-order chi connectivity index (χ1) is 7.34. The van der Waals surface area contributed by atoms with Crippen LogP contribution in [0.4, 0.5) is 5.69 Å². The predicted molar refractivity (Wildman–Crippen MR) is 63.9 cm³/mol.